The molecule has 1 aromatic rings. The molecular weight excluding hydrogens is 334 g/mol. The fourth-order valence-electron chi connectivity index (χ4n) is 0.757. The maximum atomic E-state index is 8.79. The van der Waals surface area contributed by atoms with Gasteiger partial charge in [-0.05, 0) is 37.0 Å². The molecule has 1 aliphatic carbocycles. The lowest BCUT2D eigenvalue weighted by atomic mass is 10.3. The predicted octanol–water partition coefficient (Wildman–Crippen LogP) is 4.53. The minimum atomic E-state index is 0.129. The SMILES string of the molecule is ICC1CC1.Oc1ccc(Cl)c(Cl)c1. The van der Waals surface area contributed by atoms with Crippen molar-refractivity contribution in [2.45, 2.75) is 12.8 Å². The summed E-state index contributed by atoms with van der Waals surface area (Å²) >= 11 is 13.5. The fraction of sp³-hybridized carbons (Fsp3) is 0.400. The Kier molecular flexibility index (Phi) is 5.34. The van der Waals surface area contributed by atoms with Crippen LogP contribution in [0.3, 0.4) is 0 Å². The lowest BCUT2D eigenvalue weighted by Gasteiger charge is -1.93. The van der Waals surface area contributed by atoms with Crippen molar-refractivity contribution in [1.82, 2.24) is 0 Å². The van der Waals surface area contributed by atoms with Gasteiger partial charge >= 0.3 is 0 Å². The van der Waals surface area contributed by atoms with Crippen LogP contribution in [0.5, 0.6) is 5.75 Å². The van der Waals surface area contributed by atoms with E-state index >= 15 is 0 Å². The molecule has 14 heavy (non-hydrogen) atoms. The van der Waals surface area contributed by atoms with Gasteiger partial charge in [0.25, 0.3) is 0 Å². The third-order valence-corrected chi connectivity index (χ3v) is 3.80. The molecule has 0 aromatic heterocycles. The first-order chi connectivity index (χ1) is 6.63. The first kappa shape index (κ1) is 12.4. The maximum Gasteiger partial charge on any atom is 0.117 e. The van der Waals surface area contributed by atoms with E-state index < -0.39 is 0 Å². The van der Waals surface area contributed by atoms with Crippen LogP contribution in [-0.2, 0) is 0 Å². The summed E-state index contributed by atoms with van der Waals surface area (Å²) in [6.45, 7) is 0. The molecule has 0 bridgehead atoms. The number of benzene rings is 1. The Morgan fingerprint density at radius 2 is 1.93 bits per heavy atom. The summed E-state index contributed by atoms with van der Waals surface area (Å²) in [5.41, 5.74) is 0. The predicted molar refractivity (Wildman–Crippen MR) is 69.7 cm³/mol. The lowest BCUT2D eigenvalue weighted by molar-refractivity contribution is 0.475. The van der Waals surface area contributed by atoms with Crippen LogP contribution in [0.15, 0.2) is 18.2 Å². The molecule has 1 aliphatic rings. The van der Waals surface area contributed by atoms with E-state index in [-0.39, 0.29) is 5.75 Å². The van der Waals surface area contributed by atoms with Crippen molar-refractivity contribution in [1.29, 1.82) is 0 Å². The van der Waals surface area contributed by atoms with E-state index in [0.29, 0.717) is 10.0 Å². The molecule has 0 radical (unpaired) electrons. The van der Waals surface area contributed by atoms with Crippen molar-refractivity contribution < 1.29 is 5.11 Å². The monoisotopic (exact) mass is 344 g/mol. The third kappa shape index (κ3) is 4.71. The van der Waals surface area contributed by atoms with Gasteiger partial charge in [0, 0.05) is 4.43 Å². The van der Waals surface area contributed by atoms with E-state index in [9.17, 15) is 0 Å². The van der Waals surface area contributed by atoms with E-state index in [4.69, 9.17) is 28.3 Å². The Morgan fingerprint density at radius 3 is 2.21 bits per heavy atom. The van der Waals surface area contributed by atoms with Crippen LogP contribution in [0.1, 0.15) is 12.8 Å². The molecular formula is C10H11Cl2IO. The number of aromatic hydroxyl groups is 1. The summed E-state index contributed by atoms with van der Waals surface area (Å²) in [5.74, 6) is 1.25. The molecule has 0 saturated heterocycles. The quantitative estimate of drug-likeness (QED) is 0.586. The molecule has 78 valence electrons. The molecule has 1 fully saturated rings. The highest BCUT2D eigenvalue weighted by atomic mass is 127. The zero-order valence-corrected chi connectivity index (χ0v) is 11.2. The smallest absolute Gasteiger partial charge is 0.117 e. The Hall–Kier alpha value is 0.330. The zero-order valence-electron chi connectivity index (χ0n) is 7.51. The van der Waals surface area contributed by atoms with Crippen LogP contribution in [0, 0.1) is 5.92 Å². The normalized spacial score (nSPS) is 14.5. The molecule has 0 unspecified atom stereocenters. The lowest BCUT2D eigenvalue weighted by Crippen LogP contribution is -1.66. The van der Waals surface area contributed by atoms with Crippen molar-refractivity contribution in [2.75, 3.05) is 4.43 Å². The standard InChI is InChI=1S/C6H4Cl2O.C4H7I/c7-5-2-1-4(9)3-6(5)8;5-3-4-1-2-4/h1-3,9H;4H,1-3H2. The highest BCUT2D eigenvalue weighted by Gasteiger charge is 2.18. The van der Waals surface area contributed by atoms with Crippen LogP contribution < -0.4 is 0 Å². The molecule has 0 aliphatic heterocycles. The average molecular weight is 345 g/mol. The minimum absolute atomic E-state index is 0.129. The fourth-order valence-corrected chi connectivity index (χ4v) is 1.93. The van der Waals surface area contributed by atoms with Crippen LogP contribution in [0.2, 0.25) is 10.0 Å². The molecule has 1 N–H and O–H groups in total. The summed E-state index contributed by atoms with van der Waals surface area (Å²) in [6, 6.07) is 4.41. The van der Waals surface area contributed by atoms with Gasteiger partial charge in [0.15, 0.2) is 0 Å². The number of hydrogen-bond donors (Lipinski definition) is 1. The Labute approximate surface area is 108 Å². The number of halogens is 3. The molecule has 1 saturated carbocycles. The first-order valence-electron chi connectivity index (χ1n) is 4.33. The number of alkyl halides is 1. The van der Waals surface area contributed by atoms with Gasteiger partial charge in [0.2, 0.25) is 0 Å². The molecule has 0 atom stereocenters. The summed E-state index contributed by atoms with van der Waals surface area (Å²) in [4.78, 5) is 0. The van der Waals surface area contributed by atoms with E-state index in [1.54, 1.807) is 6.07 Å². The second-order valence-electron chi connectivity index (χ2n) is 3.20. The molecule has 2 rings (SSSR count). The molecule has 1 aromatic carbocycles. The molecule has 0 amide bonds. The average Bonchev–Trinajstić information content (AvgIpc) is 2.96. The number of hydrogen-bond acceptors (Lipinski definition) is 1. The van der Waals surface area contributed by atoms with E-state index in [1.807, 2.05) is 0 Å². The van der Waals surface area contributed by atoms with Gasteiger partial charge in [-0.15, -0.1) is 0 Å². The third-order valence-electron chi connectivity index (χ3n) is 1.82. The number of rotatable bonds is 1. The summed E-state index contributed by atoms with van der Waals surface area (Å²) in [5, 5.41) is 9.62. The second kappa shape index (κ2) is 6.03. The minimum Gasteiger partial charge on any atom is -0.508 e. The van der Waals surface area contributed by atoms with Gasteiger partial charge in [0.1, 0.15) is 5.75 Å². The van der Waals surface area contributed by atoms with E-state index in [0.717, 1.165) is 5.92 Å². The number of phenolic OH excluding ortho intramolecular Hbond substituents is 1. The van der Waals surface area contributed by atoms with Crippen molar-refractivity contribution in [3.63, 3.8) is 0 Å². The van der Waals surface area contributed by atoms with Gasteiger partial charge in [0.05, 0.1) is 10.0 Å². The Morgan fingerprint density at radius 1 is 1.29 bits per heavy atom. The molecule has 1 nitrogen and oxygen atoms in total. The molecule has 0 heterocycles. The van der Waals surface area contributed by atoms with Crippen LogP contribution in [0.25, 0.3) is 0 Å². The summed E-state index contributed by atoms with van der Waals surface area (Å²) in [6.07, 6.45) is 3.01. The topological polar surface area (TPSA) is 20.2 Å². The highest BCUT2D eigenvalue weighted by Crippen LogP contribution is 2.30. The molecule has 0 spiro atoms. The largest absolute Gasteiger partial charge is 0.508 e. The van der Waals surface area contributed by atoms with Crippen molar-refractivity contribution in [3.8, 4) is 5.75 Å². The van der Waals surface area contributed by atoms with Gasteiger partial charge in [-0.1, -0.05) is 45.8 Å². The van der Waals surface area contributed by atoms with E-state index in [1.165, 1.54) is 29.4 Å². The second-order valence-corrected chi connectivity index (χ2v) is 4.89. The Bertz CT molecular complexity index is 300. The van der Waals surface area contributed by atoms with Crippen molar-refractivity contribution >= 4 is 45.8 Å². The van der Waals surface area contributed by atoms with Crippen LogP contribution >= 0.6 is 45.8 Å². The van der Waals surface area contributed by atoms with E-state index in [2.05, 4.69) is 22.6 Å². The van der Waals surface area contributed by atoms with Gasteiger partial charge in [-0.3, -0.25) is 0 Å². The van der Waals surface area contributed by atoms with Gasteiger partial charge in [-0.25, -0.2) is 0 Å². The Balaban J connectivity index is 0.000000165. The van der Waals surface area contributed by atoms with Crippen LogP contribution in [0.4, 0.5) is 0 Å². The van der Waals surface area contributed by atoms with Crippen LogP contribution in [-0.4, -0.2) is 9.53 Å². The zero-order chi connectivity index (χ0) is 10.6. The summed E-state index contributed by atoms with van der Waals surface area (Å²) in [7, 11) is 0. The highest BCUT2D eigenvalue weighted by molar-refractivity contribution is 14.1. The van der Waals surface area contributed by atoms with Gasteiger partial charge in [-0.2, -0.15) is 0 Å². The maximum absolute atomic E-state index is 8.79. The molecule has 4 heteroatoms. The summed E-state index contributed by atoms with van der Waals surface area (Å²) < 4.78 is 1.39. The number of phenols is 1. The first-order valence-corrected chi connectivity index (χ1v) is 6.61. The van der Waals surface area contributed by atoms with Gasteiger partial charge < -0.3 is 5.11 Å². The van der Waals surface area contributed by atoms with Crippen molar-refractivity contribution in [3.05, 3.63) is 28.2 Å². The van der Waals surface area contributed by atoms with Crippen molar-refractivity contribution in [2.24, 2.45) is 5.92 Å².